The Kier molecular flexibility index (Phi) is 14.1. The predicted octanol–water partition coefficient (Wildman–Crippen LogP) is 2.19. The first kappa shape index (κ1) is 27.8. The van der Waals surface area contributed by atoms with E-state index in [0.29, 0.717) is 46.1 Å². The van der Waals surface area contributed by atoms with Crippen LogP contribution in [-0.2, 0) is 33.3 Å². The van der Waals surface area contributed by atoms with Crippen LogP contribution in [0.5, 0.6) is 0 Å². The van der Waals surface area contributed by atoms with Crippen LogP contribution < -0.4 is 5.32 Å². The second-order valence-electron chi connectivity index (χ2n) is 9.10. The first-order chi connectivity index (χ1) is 13.5. The molecule has 0 saturated heterocycles. The van der Waals surface area contributed by atoms with Gasteiger partial charge in [0.2, 0.25) is 5.91 Å². The van der Waals surface area contributed by atoms with Gasteiger partial charge in [0.1, 0.15) is 12.7 Å². The summed E-state index contributed by atoms with van der Waals surface area (Å²) in [6.07, 6.45) is -0.0278. The summed E-state index contributed by atoms with van der Waals surface area (Å²) in [5.41, 5.74) is -0.690. The van der Waals surface area contributed by atoms with E-state index in [2.05, 4.69) is 5.32 Å². The van der Waals surface area contributed by atoms with Gasteiger partial charge in [-0.05, 0) is 26.2 Å². The molecular formula is C21H41NO7. The average Bonchev–Trinajstić information content (AvgIpc) is 2.59. The number of carbonyl (C=O) groups excluding carboxylic acids is 2. The summed E-state index contributed by atoms with van der Waals surface area (Å²) in [4.78, 5) is 24.1. The van der Waals surface area contributed by atoms with Crippen molar-refractivity contribution in [3.05, 3.63) is 0 Å². The number of carbonyl (C=O) groups is 2. The van der Waals surface area contributed by atoms with Gasteiger partial charge in [-0.15, -0.1) is 0 Å². The van der Waals surface area contributed by atoms with E-state index in [1.807, 2.05) is 20.8 Å². The Bertz CT molecular complexity index is 455. The standard InChI is InChI=1S/C21H41NO7/c1-20(2,3)14-18(23)22-15-17(16-29-19(24)21(4,5)6)28-13-12-27-11-10-26-9-8-25-7/h17H,8-16H2,1-7H3,(H,22,23). The molecule has 1 amide bonds. The van der Waals surface area contributed by atoms with Crippen LogP contribution in [0.4, 0.5) is 0 Å². The average molecular weight is 420 g/mol. The topological polar surface area (TPSA) is 92.3 Å². The Morgan fingerprint density at radius 3 is 1.93 bits per heavy atom. The summed E-state index contributed by atoms with van der Waals surface area (Å²) in [5, 5.41) is 2.85. The predicted molar refractivity (Wildman–Crippen MR) is 111 cm³/mol. The lowest BCUT2D eigenvalue weighted by atomic mass is 9.92. The number of rotatable bonds is 15. The fraction of sp³-hybridized carbons (Fsp3) is 0.905. The highest BCUT2D eigenvalue weighted by Gasteiger charge is 2.25. The number of nitrogens with one attached hydrogen (secondary N) is 1. The lowest BCUT2D eigenvalue weighted by molar-refractivity contribution is -0.157. The Hall–Kier alpha value is -1.22. The maximum Gasteiger partial charge on any atom is 0.311 e. The number of ether oxygens (including phenoxy) is 5. The zero-order valence-electron chi connectivity index (χ0n) is 19.3. The summed E-state index contributed by atoms with van der Waals surface area (Å²) in [6.45, 7) is 14.5. The SMILES string of the molecule is COCCOCCOCCOC(CNC(=O)CC(C)(C)C)COC(=O)C(C)(C)C. The molecule has 0 fully saturated rings. The van der Waals surface area contributed by atoms with E-state index in [-0.39, 0.29) is 30.4 Å². The van der Waals surface area contributed by atoms with E-state index in [9.17, 15) is 9.59 Å². The highest BCUT2D eigenvalue weighted by atomic mass is 16.6. The maximum absolute atomic E-state index is 12.1. The lowest BCUT2D eigenvalue weighted by Gasteiger charge is -2.23. The van der Waals surface area contributed by atoms with Crippen LogP contribution in [0.25, 0.3) is 0 Å². The van der Waals surface area contributed by atoms with Gasteiger partial charge in [-0.1, -0.05) is 20.8 Å². The van der Waals surface area contributed by atoms with Crippen molar-refractivity contribution >= 4 is 11.9 Å². The lowest BCUT2D eigenvalue weighted by Crippen LogP contribution is -2.39. The van der Waals surface area contributed by atoms with E-state index in [1.54, 1.807) is 27.9 Å². The van der Waals surface area contributed by atoms with Gasteiger partial charge in [0.15, 0.2) is 0 Å². The molecule has 1 atom stereocenters. The van der Waals surface area contributed by atoms with Crippen LogP contribution in [0.2, 0.25) is 0 Å². The first-order valence-corrected chi connectivity index (χ1v) is 10.2. The fourth-order valence-electron chi connectivity index (χ4n) is 2.06. The molecule has 0 aromatic rings. The van der Waals surface area contributed by atoms with Gasteiger partial charge >= 0.3 is 5.97 Å². The number of esters is 1. The molecule has 0 aliphatic heterocycles. The number of amides is 1. The van der Waals surface area contributed by atoms with Gasteiger partial charge in [0.05, 0.1) is 45.1 Å². The second-order valence-corrected chi connectivity index (χ2v) is 9.10. The normalized spacial score (nSPS) is 13.2. The van der Waals surface area contributed by atoms with Crippen molar-refractivity contribution < 1.29 is 33.3 Å². The van der Waals surface area contributed by atoms with Crippen LogP contribution in [0.1, 0.15) is 48.0 Å². The maximum atomic E-state index is 12.1. The summed E-state index contributed by atoms with van der Waals surface area (Å²) >= 11 is 0. The van der Waals surface area contributed by atoms with Gasteiger partial charge in [-0.25, -0.2) is 0 Å². The number of hydrogen-bond acceptors (Lipinski definition) is 7. The first-order valence-electron chi connectivity index (χ1n) is 10.2. The molecule has 0 aromatic carbocycles. The summed E-state index contributed by atoms with van der Waals surface area (Å²) in [7, 11) is 1.62. The van der Waals surface area contributed by atoms with Crippen LogP contribution in [0.3, 0.4) is 0 Å². The quantitative estimate of drug-likeness (QED) is 0.321. The number of hydrogen-bond donors (Lipinski definition) is 1. The highest BCUT2D eigenvalue weighted by Crippen LogP contribution is 2.18. The molecular weight excluding hydrogens is 378 g/mol. The van der Waals surface area contributed by atoms with E-state index in [0.717, 1.165) is 0 Å². The van der Waals surface area contributed by atoms with Gasteiger partial charge in [0, 0.05) is 20.1 Å². The molecule has 0 rings (SSSR count). The third-order valence-electron chi connectivity index (χ3n) is 3.62. The molecule has 8 heteroatoms. The Balaban J connectivity index is 4.27. The van der Waals surface area contributed by atoms with E-state index >= 15 is 0 Å². The van der Waals surface area contributed by atoms with Gasteiger partial charge in [-0.3, -0.25) is 9.59 Å². The van der Waals surface area contributed by atoms with Crippen LogP contribution in [0, 0.1) is 10.8 Å². The van der Waals surface area contributed by atoms with Gasteiger partial charge < -0.3 is 29.0 Å². The Morgan fingerprint density at radius 2 is 1.41 bits per heavy atom. The fourth-order valence-corrected chi connectivity index (χ4v) is 2.06. The van der Waals surface area contributed by atoms with Crippen molar-refractivity contribution in [3.63, 3.8) is 0 Å². The van der Waals surface area contributed by atoms with Gasteiger partial charge in [0.25, 0.3) is 0 Å². The molecule has 8 nitrogen and oxygen atoms in total. The van der Waals surface area contributed by atoms with E-state index < -0.39 is 11.5 Å². The van der Waals surface area contributed by atoms with Gasteiger partial charge in [-0.2, -0.15) is 0 Å². The third-order valence-corrected chi connectivity index (χ3v) is 3.62. The monoisotopic (exact) mass is 419 g/mol. The summed E-state index contributed by atoms with van der Waals surface area (Å²) < 4.78 is 26.7. The molecule has 0 saturated carbocycles. The van der Waals surface area contributed by atoms with Crippen molar-refractivity contribution in [1.29, 1.82) is 0 Å². The minimum atomic E-state index is -0.591. The molecule has 0 radical (unpaired) electrons. The molecule has 1 N–H and O–H groups in total. The zero-order chi connectivity index (χ0) is 22.3. The van der Waals surface area contributed by atoms with Crippen molar-refractivity contribution in [1.82, 2.24) is 5.32 Å². The van der Waals surface area contributed by atoms with E-state index in [4.69, 9.17) is 23.7 Å². The Morgan fingerprint density at radius 1 is 0.862 bits per heavy atom. The van der Waals surface area contributed by atoms with E-state index in [1.165, 1.54) is 0 Å². The largest absolute Gasteiger partial charge is 0.462 e. The smallest absolute Gasteiger partial charge is 0.311 e. The molecule has 172 valence electrons. The molecule has 0 bridgehead atoms. The molecule has 29 heavy (non-hydrogen) atoms. The summed E-state index contributed by atoms with van der Waals surface area (Å²) in [6, 6.07) is 0. The minimum Gasteiger partial charge on any atom is -0.462 e. The molecule has 0 heterocycles. The number of methoxy groups -OCH3 is 1. The summed E-state index contributed by atoms with van der Waals surface area (Å²) in [5.74, 6) is -0.366. The molecule has 0 spiro atoms. The van der Waals surface area contributed by atoms with Crippen LogP contribution in [0.15, 0.2) is 0 Å². The third kappa shape index (κ3) is 17.4. The Labute approximate surface area is 175 Å². The zero-order valence-corrected chi connectivity index (χ0v) is 19.3. The minimum absolute atomic E-state index is 0.0577. The molecule has 0 aliphatic rings. The van der Waals surface area contributed by atoms with Crippen molar-refractivity contribution in [2.45, 2.75) is 54.1 Å². The van der Waals surface area contributed by atoms with Crippen LogP contribution in [-0.4, -0.2) is 77.9 Å². The van der Waals surface area contributed by atoms with Crippen LogP contribution >= 0.6 is 0 Å². The molecule has 0 aliphatic carbocycles. The molecule has 0 aromatic heterocycles. The highest BCUT2D eigenvalue weighted by molar-refractivity contribution is 5.76. The van der Waals surface area contributed by atoms with Crippen molar-refractivity contribution in [3.8, 4) is 0 Å². The molecule has 1 unspecified atom stereocenters. The van der Waals surface area contributed by atoms with Crippen molar-refractivity contribution in [2.75, 3.05) is 59.9 Å². The van der Waals surface area contributed by atoms with Crippen molar-refractivity contribution in [2.24, 2.45) is 10.8 Å². The second kappa shape index (κ2) is 14.7.